The molecule has 0 spiro atoms. The lowest BCUT2D eigenvalue weighted by Gasteiger charge is -2.26. The SMILES string of the molecule is COCC1=CCN(C(=O)c2cc(OC)ccc2O)CC1. The standard InChI is InChI=1S/C15H19NO4/c1-19-10-11-5-7-16(8-6-11)15(18)13-9-12(20-2)3-4-14(13)17/h3-5,9,17H,6-8,10H2,1-2H3. The van der Waals surface area contributed by atoms with E-state index < -0.39 is 0 Å². The fraction of sp³-hybridized carbons (Fsp3) is 0.400. The van der Waals surface area contributed by atoms with Crippen molar-refractivity contribution in [1.29, 1.82) is 0 Å². The summed E-state index contributed by atoms with van der Waals surface area (Å²) in [6, 6.07) is 4.66. The summed E-state index contributed by atoms with van der Waals surface area (Å²) in [5.41, 5.74) is 1.47. The van der Waals surface area contributed by atoms with Gasteiger partial charge in [-0.15, -0.1) is 0 Å². The van der Waals surface area contributed by atoms with E-state index in [1.807, 2.05) is 6.08 Å². The van der Waals surface area contributed by atoms with Gasteiger partial charge in [0.05, 0.1) is 19.3 Å². The van der Waals surface area contributed by atoms with Crippen LogP contribution in [0.15, 0.2) is 29.8 Å². The van der Waals surface area contributed by atoms with E-state index >= 15 is 0 Å². The summed E-state index contributed by atoms with van der Waals surface area (Å²) in [5, 5.41) is 9.83. The average molecular weight is 277 g/mol. The zero-order chi connectivity index (χ0) is 14.5. The van der Waals surface area contributed by atoms with Crippen LogP contribution >= 0.6 is 0 Å². The number of ether oxygens (including phenoxy) is 2. The first-order valence-electron chi connectivity index (χ1n) is 6.49. The van der Waals surface area contributed by atoms with Gasteiger partial charge in [0, 0.05) is 20.2 Å². The third-order valence-corrected chi connectivity index (χ3v) is 3.35. The Morgan fingerprint density at radius 2 is 2.20 bits per heavy atom. The van der Waals surface area contributed by atoms with Gasteiger partial charge in [-0.25, -0.2) is 0 Å². The summed E-state index contributed by atoms with van der Waals surface area (Å²) in [5.74, 6) is 0.343. The van der Waals surface area contributed by atoms with E-state index in [1.54, 1.807) is 24.1 Å². The number of phenolic OH excluding ortho intramolecular Hbond substituents is 1. The number of methoxy groups -OCH3 is 2. The number of carbonyl (C=O) groups is 1. The normalized spacial score (nSPS) is 14.9. The van der Waals surface area contributed by atoms with Crippen LogP contribution < -0.4 is 4.74 Å². The number of hydrogen-bond acceptors (Lipinski definition) is 4. The smallest absolute Gasteiger partial charge is 0.258 e. The quantitative estimate of drug-likeness (QED) is 0.853. The maximum atomic E-state index is 12.4. The molecule has 0 bridgehead atoms. The van der Waals surface area contributed by atoms with E-state index in [4.69, 9.17) is 9.47 Å². The van der Waals surface area contributed by atoms with Gasteiger partial charge in [0.15, 0.2) is 0 Å². The topological polar surface area (TPSA) is 59.0 Å². The molecule has 5 nitrogen and oxygen atoms in total. The first-order valence-corrected chi connectivity index (χ1v) is 6.49. The number of aromatic hydroxyl groups is 1. The summed E-state index contributed by atoms with van der Waals surface area (Å²) in [6.45, 7) is 1.77. The van der Waals surface area contributed by atoms with Crippen molar-refractivity contribution in [2.24, 2.45) is 0 Å². The number of benzene rings is 1. The molecule has 5 heteroatoms. The molecule has 0 radical (unpaired) electrons. The number of amides is 1. The maximum absolute atomic E-state index is 12.4. The molecule has 1 aromatic carbocycles. The number of phenols is 1. The van der Waals surface area contributed by atoms with Crippen molar-refractivity contribution < 1.29 is 19.4 Å². The van der Waals surface area contributed by atoms with E-state index in [1.165, 1.54) is 18.7 Å². The lowest BCUT2D eigenvalue weighted by atomic mass is 10.1. The van der Waals surface area contributed by atoms with Crippen LogP contribution in [-0.4, -0.2) is 49.8 Å². The first-order chi connectivity index (χ1) is 9.65. The molecule has 0 unspecified atom stereocenters. The third kappa shape index (κ3) is 3.11. The number of carbonyl (C=O) groups excluding carboxylic acids is 1. The van der Waals surface area contributed by atoms with Crippen LogP contribution in [0.4, 0.5) is 0 Å². The van der Waals surface area contributed by atoms with Crippen molar-refractivity contribution in [2.45, 2.75) is 6.42 Å². The van der Waals surface area contributed by atoms with Crippen molar-refractivity contribution in [3.05, 3.63) is 35.4 Å². The molecule has 2 rings (SSSR count). The highest BCUT2D eigenvalue weighted by atomic mass is 16.5. The van der Waals surface area contributed by atoms with Crippen molar-refractivity contribution in [3.8, 4) is 11.5 Å². The van der Waals surface area contributed by atoms with Crippen molar-refractivity contribution in [3.63, 3.8) is 0 Å². The Balaban J connectivity index is 2.13. The first kappa shape index (κ1) is 14.4. The molecule has 0 atom stereocenters. The zero-order valence-corrected chi connectivity index (χ0v) is 11.8. The molecule has 0 aliphatic carbocycles. The van der Waals surface area contributed by atoms with E-state index in [9.17, 15) is 9.90 Å². The Hall–Kier alpha value is -2.01. The highest BCUT2D eigenvalue weighted by Gasteiger charge is 2.21. The maximum Gasteiger partial charge on any atom is 0.258 e. The van der Waals surface area contributed by atoms with Gasteiger partial charge in [-0.2, -0.15) is 0 Å². The van der Waals surface area contributed by atoms with Crippen molar-refractivity contribution in [2.75, 3.05) is 33.9 Å². The predicted molar refractivity (Wildman–Crippen MR) is 75.1 cm³/mol. The highest BCUT2D eigenvalue weighted by molar-refractivity contribution is 5.97. The van der Waals surface area contributed by atoms with Gasteiger partial charge >= 0.3 is 0 Å². The minimum atomic E-state index is -0.186. The van der Waals surface area contributed by atoms with Gasteiger partial charge in [0.1, 0.15) is 11.5 Å². The van der Waals surface area contributed by atoms with E-state index in [0.29, 0.717) is 25.4 Å². The van der Waals surface area contributed by atoms with Crippen LogP contribution in [0, 0.1) is 0 Å². The number of nitrogens with zero attached hydrogens (tertiary/aromatic N) is 1. The Morgan fingerprint density at radius 1 is 1.40 bits per heavy atom. The molecule has 1 aliphatic heterocycles. The van der Waals surface area contributed by atoms with Gasteiger partial charge in [0.25, 0.3) is 5.91 Å². The number of rotatable bonds is 4. The molecule has 0 saturated carbocycles. The van der Waals surface area contributed by atoms with Gasteiger partial charge < -0.3 is 19.5 Å². The molecule has 0 saturated heterocycles. The van der Waals surface area contributed by atoms with Gasteiger partial charge in [0.2, 0.25) is 0 Å². The molecular weight excluding hydrogens is 258 g/mol. The molecule has 0 fully saturated rings. The third-order valence-electron chi connectivity index (χ3n) is 3.35. The largest absolute Gasteiger partial charge is 0.507 e. The molecule has 20 heavy (non-hydrogen) atoms. The van der Waals surface area contributed by atoms with E-state index in [0.717, 1.165) is 6.42 Å². The van der Waals surface area contributed by atoms with Crippen LogP contribution in [0.3, 0.4) is 0 Å². The van der Waals surface area contributed by atoms with Crippen LogP contribution in [0.1, 0.15) is 16.8 Å². The monoisotopic (exact) mass is 277 g/mol. The Morgan fingerprint density at radius 3 is 2.80 bits per heavy atom. The van der Waals surface area contributed by atoms with Crippen LogP contribution in [0.2, 0.25) is 0 Å². The lowest BCUT2D eigenvalue weighted by molar-refractivity contribution is 0.0761. The Labute approximate surface area is 118 Å². The average Bonchev–Trinajstić information content (AvgIpc) is 2.48. The van der Waals surface area contributed by atoms with Gasteiger partial charge in [-0.05, 0) is 30.2 Å². The van der Waals surface area contributed by atoms with E-state index in [2.05, 4.69) is 0 Å². The highest BCUT2D eigenvalue weighted by Crippen LogP contribution is 2.25. The molecular formula is C15H19NO4. The zero-order valence-electron chi connectivity index (χ0n) is 11.8. The summed E-state index contributed by atoms with van der Waals surface area (Å²) in [7, 11) is 3.19. The van der Waals surface area contributed by atoms with Gasteiger partial charge in [-0.3, -0.25) is 4.79 Å². The molecule has 1 aromatic rings. The van der Waals surface area contributed by atoms with E-state index in [-0.39, 0.29) is 17.2 Å². The summed E-state index contributed by atoms with van der Waals surface area (Å²) in [4.78, 5) is 14.1. The Bertz CT molecular complexity index is 525. The minimum absolute atomic E-state index is 0.0255. The molecule has 1 aliphatic rings. The van der Waals surface area contributed by atoms with Crippen molar-refractivity contribution in [1.82, 2.24) is 4.90 Å². The second kappa shape index (κ2) is 6.43. The fourth-order valence-corrected chi connectivity index (χ4v) is 2.20. The second-order valence-electron chi connectivity index (χ2n) is 4.68. The molecule has 1 amide bonds. The lowest BCUT2D eigenvalue weighted by Crippen LogP contribution is -2.35. The number of hydrogen-bond donors (Lipinski definition) is 1. The molecule has 1 N–H and O–H groups in total. The van der Waals surface area contributed by atoms with Crippen LogP contribution in [-0.2, 0) is 4.74 Å². The molecule has 108 valence electrons. The fourth-order valence-electron chi connectivity index (χ4n) is 2.20. The van der Waals surface area contributed by atoms with Crippen LogP contribution in [0.5, 0.6) is 11.5 Å². The van der Waals surface area contributed by atoms with Gasteiger partial charge in [-0.1, -0.05) is 6.08 Å². The van der Waals surface area contributed by atoms with Crippen molar-refractivity contribution >= 4 is 5.91 Å². The summed E-state index contributed by atoms with van der Waals surface area (Å²) >= 11 is 0. The second-order valence-corrected chi connectivity index (χ2v) is 4.68. The predicted octanol–water partition coefficient (Wildman–Crippen LogP) is 1.82. The summed E-state index contributed by atoms with van der Waals surface area (Å²) < 4.78 is 10.2. The minimum Gasteiger partial charge on any atom is -0.507 e. The molecule has 0 aromatic heterocycles. The molecule has 1 heterocycles. The van der Waals surface area contributed by atoms with Crippen LogP contribution in [0.25, 0.3) is 0 Å². The Kier molecular flexibility index (Phi) is 4.63. The summed E-state index contributed by atoms with van der Waals surface area (Å²) in [6.07, 6.45) is 2.80.